The number of hydrogen-bond donors (Lipinski definition) is 3. The second-order valence-corrected chi connectivity index (χ2v) is 8.44. The molecule has 3 aromatic rings. The van der Waals surface area contributed by atoms with E-state index in [0.717, 1.165) is 25.7 Å². The minimum Gasteiger partial charge on any atom is -0.383 e. The van der Waals surface area contributed by atoms with Gasteiger partial charge in [-0.15, -0.1) is 0 Å². The van der Waals surface area contributed by atoms with Crippen molar-refractivity contribution in [3.05, 3.63) is 47.5 Å². The number of aromatic amines is 2. The van der Waals surface area contributed by atoms with Crippen LogP contribution in [0.3, 0.4) is 0 Å². The molecule has 3 rings (SSSR count). The van der Waals surface area contributed by atoms with Crippen molar-refractivity contribution in [2.45, 2.75) is 59.2 Å². The van der Waals surface area contributed by atoms with Crippen LogP contribution in [0.2, 0.25) is 0 Å². The summed E-state index contributed by atoms with van der Waals surface area (Å²) in [5.74, 6) is 0.502. The molecule has 0 aromatic carbocycles. The molecule has 3 aromatic heterocycles. The van der Waals surface area contributed by atoms with E-state index in [9.17, 15) is 19.2 Å². The summed E-state index contributed by atoms with van der Waals surface area (Å²) in [7, 11) is 3.22. The van der Waals surface area contributed by atoms with Gasteiger partial charge in [0.05, 0.1) is 13.2 Å². The number of nitrogens with zero attached hydrogens (tertiary/aromatic N) is 5. The van der Waals surface area contributed by atoms with Crippen molar-refractivity contribution >= 4 is 22.7 Å². The second kappa shape index (κ2) is 11.2. The summed E-state index contributed by atoms with van der Waals surface area (Å²) in [6, 6.07) is 0. The van der Waals surface area contributed by atoms with Crippen molar-refractivity contribution in [3.8, 4) is 0 Å². The second-order valence-electron chi connectivity index (χ2n) is 8.44. The quantitative estimate of drug-likeness (QED) is 0.322. The van der Waals surface area contributed by atoms with Crippen molar-refractivity contribution in [1.82, 2.24) is 28.7 Å². The fourth-order valence-corrected chi connectivity index (χ4v) is 4.02. The molecule has 0 aliphatic heterocycles. The van der Waals surface area contributed by atoms with Crippen LogP contribution in [0.4, 0.5) is 11.5 Å². The lowest BCUT2D eigenvalue weighted by Gasteiger charge is -2.25. The lowest BCUT2D eigenvalue weighted by molar-refractivity contribution is 0.204. The molecule has 0 saturated heterocycles. The first-order valence-corrected chi connectivity index (χ1v) is 11.8. The number of anilines is 2. The van der Waals surface area contributed by atoms with Crippen LogP contribution in [0.25, 0.3) is 11.2 Å². The van der Waals surface area contributed by atoms with Gasteiger partial charge in [0.15, 0.2) is 11.2 Å². The van der Waals surface area contributed by atoms with Gasteiger partial charge in [-0.3, -0.25) is 28.7 Å². The van der Waals surface area contributed by atoms with Gasteiger partial charge in [-0.25, -0.2) is 14.6 Å². The van der Waals surface area contributed by atoms with E-state index >= 15 is 0 Å². The van der Waals surface area contributed by atoms with E-state index in [2.05, 4.69) is 15.0 Å². The Bertz CT molecular complexity index is 1410. The topological polar surface area (TPSA) is 166 Å². The number of imidazole rings is 1. The highest BCUT2D eigenvalue weighted by molar-refractivity contribution is 5.71. The number of aryl methyl sites for hydroxylation is 2. The molecule has 0 bridgehead atoms. The predicted octanol–water partition coefficient (Wildman–Crippen LogP) is 0.109. The number of H-pyrrole nitrogens is 2. The van der Waals surface area contributed by atoms with E-state index in [1.807, 2.05) is 13.8 Å². The Morgan fingerprint density at radius 1 is 0.971 bits per heavy atom. The maximum atomic E-state index is 12.9. The molecular formula is C22H34N8O5. The van der Waals surface area contributed by atoms with E-state index in [0.29, 0.717) is 18.9 Å². The highest BCUT2D eigenvalue weighted by atomic mass is 16.5. The predicted molar refractivity (Wildman–Crippen MR) is 134 cm³/mol. The summed E-state index contributed by atoms with van der Waals surface area (Å²) < 4.78 is 9.63. The molecule has 13 nitrogen and oxygen atoms in total. The Balaban J connectivity index is 2.15. The molecule has 4 N–H and O–H groups in total. The first-order valence-electron chi connectivity index (χ1n) is 11.8. The molecule has 3 heterocycles. The van der Waals surface area contributed by atoms with Crippen LogP contribution in [-0.2, 0) is 31.4 Å². The molecule has 0 aliphatic carbocycles. The van der Waals surface area contributed by atoms with Crippen LogP contribution in [0, 0.1) is 0 Å². The summed E-state index contributed by atoms with van der Waals surface area (Å²) in [6.07, 6.45) is 3.18. The molecule has 0 saturated carbocycles. The van der Waals surface area contributed by atoms with E-state index in [-0.39, 0.29) is 42.4 Å². The lowest BCUT2D eigenvalue weighted by atomic mass is 10.3. The number of nitrogens with one attached hydrogen (secondary N) is 2. The van der Waals surface area contributed by atoms with Gasteiger partial charge in [0.25, 0.3) is 11.1 Å². The average Bonchev–Trinajstić information content (AvgIpc) is 3.13. The summed E-state index contributed by atoms with van der Waals surface area (Å²) >= 11 is 0. The number of hydrogen-bond acceptors (Lipinski definition) is 8. The Labute approximate surface area is 201 Å². The Morgan fingerprint density at radius 3 is 2.20 bits per heavy atom. The number of unbranched alkanes of at least 4 members (excludes halogenated alkanes) is 2. The normalized spacial score (nSPS) is 11.4. The minimum absolute atomic E-state index is 0.0553. The molecule has 0 unspecified atom stereocenters. The third-order valence-corrected chi connectivity index (χ3v) is 6.00. The van der Waals surface area contributed by atoms with Gasteiger partial charge in [0.2, 0.25) is 0 Å². The minimum atomic E-state index is -0.618. The fourth-order valence-electron chi connectivity index (χ4n) is 4.02. The van der Waals surface area contributed by atoms with Gasteiger partial charge in [0.1, 0.15) is 17.3 Å². The van der Waals surface area contributed by atoms with Crippen molar-refractivity contribution in [2.24, 2.45) is 7.05 Å². The van der Waals surface area contributed by atoms with Crippen LogP contribution >= 0.6 is 0 Å². The van der Waals surface area contributed by atoms with Crippen LogP contribution < -0.4 is 33.1 Å². The maximum Gasteiger partial charge on any atom is 0.330 e. The molecular weight excluding hydrogens is 456 g/mol. The van der Waals surface area contributed by atoms with Gasteiger partial charge in [-0.05, 0) is 12.8 Å². The molecule has 0 radical (unpaired) electrons. The van der Waals surface area contributed by atoms with Gasteiger partial charge in [-0.2, -0.15) is 0 Å². The number of fused-ring (bicyclic) bond motifs is 1. The zero-order valence-corrected chi connectivity index (χ0v) is 20.7. The third-order valence-electron chi connectivity index (χ3n) is 6.00. The monoisotopic (exact) mass is 490 g/mol. The van der Waals surface area contributed by atoms with E-state index in [1.54, 1.807) is 16.5 Å². The smallest absolute Gasteiger partial charge is 0.330 e. The zero-order chi connectivity index (χ0) is 25.7. The Kier molecular flexibility index (Phi) is 8.33. The Hall–Kier alpha value is -3.61. The van der Waals surface area contributed by atoms with Crippen LogP contribution in [0.5, 0.6) is 0 Å². The van der Waals surface area contributed by atoms with Gasteiger partial charge in [0, 0.05) is 33.8 Å². The summed E-state index contributed by atoms with van der Waals surface area (Å²) in [4.78, 5) is 61.3. The first-order chi connectivity index (χ1) is 16.7. The van der Waals surface area contributed by atoms with E-state index < -0.39 is 22.5 Å². The number of nitrogen functional groups attached to an aromatic ring is 1. The highest BCUT2D eigenvalue weighted by Gasteiger charge is 2.23. The zero-order valence-electron chi connectivity index (χ0n) is 20.7. The van der Waals surface area contributed by atoms with Crippen molar-refractivity contribution in [2.75, 3.05) is 30.9 Å². The van der Waals surface area contributed by atoms with Crippen LogP contribution in [0.15, 0.2) is 19.2 Å². The number of ether oxygens (including phenoxy) is 1. The van der Waals surface area contributed by atoms with Crippen molar-refractivity contribution in [1.29, 1.82) is 0 Å². The molecule has 0 spiro atoms. The summed E-state index contributed by atoms with van der Waals surface area (Å²) in [5.41, 5.74) is 4.76. The van der Waals surface area contributed by atoms with Crippen molar-refractivity contribution < 1.29 is 4.74 Å². The number of aromatic nitrogens is 6. The van der Waals surface area contributed by atoms with Gasteiger partial charge >= 0.3 is 11.4 Å². The maximum absolute atomic E-state index is 12.9. The molecule has 0 amide bonds. The third kappa shape index (κ3) is 5.24. The van der Waals surface area contributed by atoms with Gasteiger partial charge in [-0.1, -0.05) is 26.7 Å². The molecule has 0 atom stereocenters. The van der Waals surface area contributed by atoms with Gasteiger partial charge < -0.3 is 19.9 Å². The molecule has 35 heavy (non-hydrogen) atoms. The summed E-state index contributed by atoms with van der Waals surface area (Å²) in [6.45, 7) is 5.43. The SMILES string of the molecule is CCCCn1c(N)c(N(CCOC)Cc2nc3c(c(=O)[nH]c(=O)n3CCCC)n2C)c(=O)[nH]c1=O. The molecule has 192 valence electrons. The van der Waals surface area contributed by atoms with Crippen LogP contribution in [-0.4, -0.2) is 48.9 Å². The standard InChI is InChI=1S/C22H34N8O5/c1-5-7-9-29-17(23)15(19(31)25-21(29)33)28(11-12-35-4)13-14-24-18-16(27(14)3)20(32)26-22(34)30(18)10-8-6-2/h5-13,23H2,1-4H3,(H,25,31,33)(H,26,32,34). The Morgan fingerprint density at radius 2 is 1.57 bits per heavy atom. The molecule has 0 fully saturated rings. The number of nitrogens with two attached hydrogens (primary N) is 1. The average molecular weight is 491 g/mol. The number of rotatable bonds is 12. The largest absolute Gasteiger partial charge is 0.383 e. The molecule has 13 heteroatoms. The number of methoxy groups -OCH3 is 1. The first kappa shape index (κ1) is 26.0. The van der Waals surface area contributed by atoms with Crippen LogP contribution in [0.1, 0.15) is 45.4 Å². The highest BCUT2D eigenvalue weighted by Crippen LogP contribution is 2.20. The van der Waals surface area contributed by atoms with E-state index in [4.69, 9.17) is 10.5 Å². The fraction of sp³-hybridized carbons (Fsp3) is 0.591. The van der Waals surface area contributed by atoms with E-state index in [1.165, 1.54) is 16.2 Å². The molecule has 0 aliphatic rings. The lowest BCUT2D eigenvalue weighted by Crippen LogP contribution is -2.39. The van der Waals surface area contributed by atoms with Crippen molar-refractivity contribution in [3.63, 3.8) is 0 Å². The summed E-state index contributed by atoms with van der Waals surface area (Å²) in [5, 5.41) is 0.